The predicted octanol–water partition coefficient (Wildman–Crippen LogP) is 2.11. The van der Waals surface area contributed by atoms with Gasteiger partial charge in [0.25, 0.3) is 0 Å². The average molecular weight is 250 g/mol. The number of anilines is 1. The van der Waals surface area contributed by atoms with Crippen LogP contribution < -0.4 is 10.6 Å². The summed E-state index contributed by atoms with van der Waals surface area (Å²) in [4.78, 5) is 6.60. The van der Waals surface area contributed by atoms with Crippen molar-refractivity contribution < 1.29 is 5.21 Å². The zero-order valence-corrected chi connectivity index (χ0v) is 11.7. The Labute approximate surface area is 108 Å². The number of nitrogens with two attached hydrogens (primary N) is 1. The van der Waals surface area contributed by atoms with Gasteiger partial charge < -0.3 is 15.8 Å². The molecule has 1 aromatic rings. The largest absolute Gasteiger partial charge is 0.409 e. The molecule has 0 radical (unpaired) electrons. The van der Waals surface area contributed by atoms with E-state index in [0.29, 0.717) is 5.56 Å². The van der Waals surface area contributed by atoms with Crippen molar-refractivity contribution >= 4 is 11.7 Å². The van der Waals surface area contributed by atoms with Crippen molar-refractivity contribution in [2.45, 2.75) is 39.7 Å². The summed E-state index contributed by atoms with van der Waals surface area (Å²) in [7, 11) is 2.00. The van der Waals surface area contributed by atoms with Gasteiger partial charge in [0, 0.05) is 23.8 Å². The summed E-state index contributed by atoms with van der Waals surface area (Å²) in [6.45, 7) is 8.33. The van der Waals surface area contributed by atoms with Crippen molar-refractivity contribution in [1.29, 1.82) is 0 Å². The van der Waals surface area contributed by atoms with Gasteiger partial charge in [0.1, 0.15) is 5.82 Å². The molecule has 100 valence electrons. The summed E-state index contributed by atoms with van der Waals surface area (Å²) in [5.74, 6) is 0.924. The van der Waals surface area contributed by atoms with Crippen LogP contribution in [-0.4, -0.2) is 28.6 Å². The van der Waals surface area contributed by atoms with Crippen molar-refractivity contribution in [3.63, 3.8) is 0 Å². The normalized spacial score (nSPS) is 12.6. The van der Waals surface area contributed by atoms with Crippen LogP contribution in [0.1, 0.15) is 38.4 Å². The summed E-state index contributed by atoms with van der Waals surface area (Å²) in [6, 6.07) is 3.63. The highest BCUT2D eigenvalue weighted by Gasteiger charge is 2.23. The van der Waals surface area contributed by atoms with E-state index in [2.05, 4.69) is 35.8 Å². The predicted molar refractivity (Wildman–Crippen MR) is 74.3 cm³/mol. The van der Waals surface area contributed by atoms with Gasteiger partial charge in [0.05, 0.1) is 0 Å². The molecule has 0 bridgehead atoms. The smallest absolute Gasteiger partial charge is 0.170 e. The third-order valence-electron chi connectivity index (χ3n) is 3.46. The van der Waals surface area contributed by atoms with Gasteiger partial charge in [0.15, 0.2) is 5.84 Å². The Balaban J connectivity index is 3.22. The standard InChI is InChI=1S/C13H22N4O/c1-6-13(3,4)17(5)11-8-10(12(14)16-18)7-9(2)15-11/h7-8,18H,6H2,1-5H3,(H2,14,16). The summed E-state index contributed by atoms with van der Waals surface area (Å²) < 4.78 is 0. The third kappa shape index (κ3) is 2.91. The first-order chi connectivity index (χ1) is 8.31. The lowest BCUT2D eigenvalue weighted by Crippen LogP contribution is -2.41. The first kappa shape index (κ1) is 14.3. The summed E-state index contributed by atoms with van der Waals surface area (Å²) in [5.41, 5.74) is 7.15. The van der Waals surface area contributed by atoms with E-state index in [1.165, 1.54) is 0 Å². The number of aromatic nitrogens is 1. The van der Waals surface area contributed by atoms with Crippen molar-refractivity contribution in [3.05, 3.63) is 23.4 Å². The summed E-state index contributed by atoms with van der Waals surface area (Å²) in [6.07, 6.45) is 0.998. The Morgan fingerprint density at radius 2 is 2.11 bits per heavy atom. The molecule has 0 fully saturated rings. The number of amidine groups is 1. The average Bonchev–Trinajstić information content (AvgIpc) is 2.35. The molecule has 18 heavy (non-hydrogen) atoms. The van der Waals surface area contributed by atoms with Crippen LogP contribution in [0.5, 0.6) is 0 Å². The number of aryl methyl sites for hydroxylation is 1. The molecular weight excluding hydrogens is 228 g/mol. The maximum Gasteiger partial charge on any atom is 0.170 e. The Bertz CT molecular complexity index is 454. The van der Waals surface area contributed by atoms with Crippen LogP contribution in [0.3, 0.4) is 0 Å². The molecule has 5 heteroatoms. The molecule has 1 rings (SSSR count). The topological polar surface area (TPSA) is 74.7 Å². The van der Waals surface area contributed by atoms with Crippen molar-refractivity contribution in [2.75, 3.05) is 11.9 Å². The van der Waals surface area contributed by atoms with E-state index < -0.39 is 0 Å². The quantitative estimate of drug-likeness (QED) is 0.371. The first-order valence-electron chi connectivity index (χ1n) is 6.02. The Morgan fingerprint density at radius 1 is 1.50 bits per heavy atom. The van der Waals surface area contributed by atoms with Crippen molar-refractivity contribution in [2.24, 2.45) is 10.9 Å². The van der Waals surface area contributed by atoms with Crippen LogP contribution in [0, 0.1) is 6.92 Å². The zero-order chi connectivity index (χ0) is 13.9. The minimum absolute atomic E-state index is 0.00316. The Morgan fingerprint density at radius 3 is 2.61 bits per heavy atom. The lowest BCUT2D eigenvalue weighted by atomic mass is 10.00. The van der Waals surface area contributed by atoms with Crippen molar-refractivity contribution in [1.82, 2.24) is 4.98 Å². The Kier molecular flexibility index (Phi) is 4.16. The zero-order valence-electron chi connectivity index (χ0n) is 11.7. The number of rotatable bonds is 4. The molecule has 0 saturated carbocycles. The molecule has 1 heterocycles. The second-order valence-corrected chi connectivity index (χ2v) is 5.07. The highest BCUT2D eigenvalue weighted by molar-refractivity contribution is 5.97. The van der Waals surface area contributed by atoms with Gasteiger partial charge in [-0.1, -0.05) is 12.1 Å². The molecular formula is C13H22N4O. The van der Waals surface area contributed by atoms with Crippen LogP contribution in [0.4, 0.5) is 5.82 Å². The molecule has 0 aliphatic rings. The molecule has 0 amide bonds. The molecule has 5 nitrogen and oxygen atoms in total. The van der Waals surface area contributed by atoms with Crippen LogP contribution in [0.25, 0.3) is 0 Å². The molecule has 0 spiro atoms. The highest BCUT2D eigenvalue weighted by atomic mass is 16.4. The molecule has 0 saturated heterocycles. The number of nitrogens with zero attached hydrogens (tertiary/aromatic N) is 3. The van der Waals surface area contributed by atoms with Crippen molar-refractivity contribution in [3.8, 4) is 0 Å². The molecule has 0 atom stereocenters. The molecule has 0 aliphatic carbocycles. The van der Waals surface area contributed by atoms with Gasteiger partial charge in [-0.15, -0.1) is 0 Å². The van der Waals surface area contributed by atoms with E-state index in [9.17, 15) is 0 Å². The SMILES string of the molecule is CCC(C)(C)N(C)c1cc(/C(N)=N/O)cc(C)n1. The van der Waals surface area contributed by atoms with Crippen LogP contribution in [0.15, 0.2) is 17.3 Å². The fraction of sp³-hybridized carbons (Fsp3) is 0.538. The van der Waals surface area contributed by atoms with Crippen LogP contribution in [-0.2, 0) is 0 Å². The first-order valence-corrected chi connectivity index (χ1v) is 6.02. The maximum atomic E-state index is 8.74. The molecule has 0 aromatic carbocycles. The lowest BCUT2D eigenvalue weighted by molar-refractivity contribution is 0.318. The van der Waals surface area contributed by atoms with Gasteiger partial charge in [-0.2, -0.15) is 0 Å². The van der Waals surface area contributed by atoms with E-state index in [1.807, 2.05) is 20.0 Å². The van der Waals surface area contributed by atoms with Crippen LogP contribution >= 0.6 is 0 Å². The van der Waals surface area contributed by atoms with E-state index in [0.717, 1.165) is 17.9 Å². The monoisotopic (exact) mass is 250 g/mol. The van der Waals surface area contributed by atoms with Gasteiger partial charge in [-0.25, -0.2) is 4.98 Å². The molecule has 0 aliphatic heterocycles. The molecule has 0 unspecified atom stereocenters. The number of hydrogen-bond acceptors (Lipinski definition) is 4. The van der Waals surface area contributed by atoms with Gasteiger partial charge in [0.2, 0.25) is 0 Å². The van der Waals surface area contributed by atoms with E-state index >= 15 is 0 Å². The highest BCUT2D eigenvalue weighted by Crippen LogP contribution is 2.24. The minimum atomic E-state index is 0.00316. The fourth-order valence-corrected chi connectivity index (χ4v) is 1.58. The second kappa shape index (κ2) is 5.25. The van der Waals surface area contributed by atoms with E-state index in [4.69, 9.17) is 10.9 Å². The number of oxime groups is 1. The van der Waals surface area contributed by atoms with Gasteiger partial charge >= 0.3 is 0 Å². The number of hydrogen-bond donors (Lipinski definition) is 2. The third-order valence-corrected chi connectivity index (χ3v) is 3.46. The molecule has 3 N–H and O–H groups in total. The molecule has 1 aromatic heterocycles. The Hall–Kier alpha value is -1.78. The van der Waals surface area contributed by atoms with Gasteiger partial charge in [-0.3, -0.25) is 0 Å². The maximum absolute atomic E-state index is 8.74. The van der Waals surface area contributed by atoms with Crippen LogP contribution in [0.2, 0.25) is 0 Å². The van der Waals surface area contributed by atoms with Gasteiger partial charge in [-0.05, 0) is 39.3 Å². The summed E-state index contributed by atoms with van der Waals surface area (Å²) >= 11 is 0. The summed E-state index contributed by atoms with van der Waals surface area (Å²) in [5, 5.41) is 11.8. The fourth-order valence-electron chi connectivity index (χ4n) is 1.58. The minimum Gasteiger partial charge on any atom is -0.409 e. The van der Waals surface area contributed by atoms with E-state index in [1.54, 1.807) is 6.07 Å². The number of pyridine rings is 1. The second-order valence-electron chi connectivity index (χ2n) is 5.07. The lowest BCUT2D eigenvalue weighted by Gasteiger charge is -2.36. The van der Waals surface area contributed by atoms with E-state index in [-0.39, 0.29) is 11.4 Å².